The van der Waals surface area contributed by atoms with Crippen molar-refractivity contribution < 1.29 is 4.57 Å². The van der Waals surface area contributed by atoms with Gasteiger partial charge in [-0.3, -0.25) is 0 Å². The maximum absolute atomic E-state index is 2.50. The van der Waals surface area contributed by atoms with Gasteiger partial charge in [0.1, 0.15) is 0 Å². The topological polar surface area (TPSA) is 3.88 Å². The molecular weight excluding hydrogens is 339 g/mol. The number of hydrogen-bond donors (Lipinski definition) is 0. The molecule has 0 spiro atoms. The van der Waals surface area contributed by atoms with E-state index in [9.17, 15) is 0 Å². The summed E-state index contributed by atoms with van der Waals surface area (Å²) in [6.07, 6.45) is 4.88. The molecule has 2 heteroatoms. The molecule has 0 saturated heterocycles. The molecule has 0 aliphatic rings. The maximum atomic E-state index is 2.50. The summed E-state index contributed by atoms with van der Waals surface area (Å²) in [6.45, 7) is 6.88. The van der Waals surface area contributed by atoms with Gasteiger partial charge >= 0.3 is 145 Å². The van der Waals surface area contributed by atoms with E-state index in [2.05, 4.69) is 86.2 Å². The minimum atomic E-state index is -1.88. The van der Waals surface area contributed by atoms with E-state index in [1.807, 2.05) is 0 Å². The molecule has 124 valence electrons. The molecule has 2 aromatic rings. The Morgan fingerprint density at radius 1 is 1.13 bits per heavy atom. The molecule has 23 heavy (non-hydrogen) atoms. The van der Waals surface area contributed by atoms with Crippen LogP contribution in [0.15, 0.2) is 36.5 Å². The van der Waals surface area contributed by atoms with Gasteiger partial charge in [-0.2, -0.15) is 0 Å². The fraction of sp³-hybridized carbons (Fsp3) is 0.476. The number of aromatic nitrogens is 1. The first-order chi connectivity index (χ1) is 10.7. The summed E-state index contributed by atoms with van der Waals surface area (Å²) in [4.78, 5) is 0. The minimum absolute atomic E-state index is 0.746. The summed E-state index contributed by atoms with van der Waals surface area (Å²) < 4.78 is 4.00. The Bertz CT molecular complexity index is 683. The van der Waals surface area contributed by atoms with Crippen molar-refractivity contribution >= 4 is 17.7 Å². The molecule has 0 aliphatic heterocycles. The predicted octanol–water partition coefficient (Wildman–Crippen LogP) is 4.62. The molecule has 1 unspecified atom stereocenters. The van der Waals surface area contributed by atoms with Crippen LogP contribution in [0.2, 0.25) is 17.3 Å². The quantitative estimate of drug-likeness (QED) is 0.534. The van der Waals surface area contributed by atoms with Crippen LogP contribution in [0.25, 0.3) is 11.3 Å². The van der Waals surface area contributed by atoms with Gasteiger partial charge < -0.3 is 0 Å². The van der Waals surface area contributed by atoms with Crippen LogP contribution in [0.3, 0.4) is 0 Å². The number of rotatable bonds is 5. The first-order valence-corrected chi connectivity index (χ1v) is 16.2. The molecule has 0 N–H and O–H groups in total. The van der Waals surface area contributed by atoms with Crippen molar-refractivity contribution in [2.75, 3.05) is 0 Å². The summed E-state index contributed by atoms with van der Waals surface area (Å²) in [5.41, 5.74) is 5.64. The van der Waals surface area contributed by atoms with Gasteiger partial charge in [0.05, 0.1) is 0 Å². The van der Waals surface area contributed by atoms with Gasteiger partial charge in [-0.25, -0.2) is 0 Å². The zero-order valence-corrected chi connectivity index (χ0v) is 18.0. The Labute approximate surface area is 145 Å². The Morgan fingerprint density at radius 3 is 2.35 bits per heavy atom. The summed E-state index contributed by atoms with van der Waals surface area (Å²) in [5, 5.41) is 0. The van der Waals surface area contributed by atoms with Crippen LogP contribution in [-0.2, 0) is 13.5 Å². The molecule has 0 amide bonds. The van der Waals surface area contributed by atoms with Crippen molar-refractivity contribution in [3.05, 3.63) is 47.7 Å². The number of nitrogens with zero attached hydrogens (tertiary/aromatic N) is 1. The average molecular weight is 371 g/mol. The molecule has 0 fully saturated rings. The normalized spacial score (nSPS) is 13.2. The van der Waals surface area contributed by atoms with E-state index in [4.69, 9.17) is 0 Å². The van der Waals surface area contributed by atoms with Gasteiger partial charge in [-0.1, -0.05) is 0 Å². The Kier molecular flexibility index (Phi) is 5.72. The van der Waals surface area contributed by atoms with Gasteiger partial charge in [0.25, 0.3) is 0 Å². The van der Waals surface area contributed by atoms with E-state index in [1.54, 1.807) is 9.96 Å². The van der Waals surface area contributed by atoms with E-state index in [0.29, 0.717) is 0 Å². The second kappa shape index (κ2) is 7.21. The second-order valence-electron chi connectivity index (χ2n) is 7.99. The van der Waals surface area contributed by atoms with Crippen molar-refractivity contribution in [2.45, 2.75) is 50.9 Å². The summed E-state index contributed by atoms with van der Waals surface area (Å²) in [6, 6.07) is 11.2. The van der Waals surface area contributed by atoms with Crippen LogP contribution < -0.4 is 8.96 Å². The van der Waals surface area contributed by atoms with E-state index in [1.165, 1.54) is 29.7 Å². The van der Waals surface area contributed by atoms with Crippen LogP contribution in [-0.4, -0.2) is 13.3 Å². The van der Waals surface area contributed by atoms with Crippen molar-refractivity contribution in [2.24, 2.45) is 13.0 Å². The molecule has 0 aliphatic carbocycles. The monoisotopic (exact) mass is 372 g/mol. The van der Waals surface area contributed by atoms with Gasteiger partial charge in [-0.05, 0) is 0 Å². The van der Waals surface area contributed by atoms with Crippen molar-refractivity contribution in [3.63, 3.8) is 0 Å². The molecule has 0 saturated carbocycles. The third-order valence-corrected chi connectivity index (χ3v) is 9.19. The third kappa shape index (κ3) is 4.26. The first-order valence-electron chi connectivity index (χ1n) is 8.83. The molecule has 1 heterocycles. The van der Waals surface area contributed by atoms with E-state index in [-0.39, 0.29) is 0 Å². The number of aryl methyl sites for hydroxylation is 2. The Hall–Kier alpha value is -1.09. The number of hydrogen-bond acceptors (Lipinski definition) is 0. The zero-order chi connectivity index (χ0) is 17.2. The summed E-state index contributed by atoms with van der Waals surface area (Å²) in [7, 11) is 2.20. The summed E-state index contributed by atoms with van der Waals surface area (Å²) in [5.74, 6) is 8.25. The molecule has 1 nitrogen and oxygen atoms in total. The molecule has 0 bridgehead atoms. The van der Waals surface area contributed by atoms with Crippen molar-refractivity contribution in [1.29, 1.82) is 0 Å². The summed E-state index contributed by atoms with van der Waals surface area (Å²) >= 11 is -1.88. The zero-order valence-electron chi connectivity index (χ0n) is 15.9. The van der Waals surface area contributed by atoms with Gasteiger partial charge in [-0.15, -0.1) is 0 Å². The second-order valence-corrected chi connectivity index (χ2v) is 18.6. The molecule has 1 atom stereocenters. The van der Waals surface area contributed by atoms with E-state index >= 15 is 0 Å². The molecule has 1 aromatic carbocycles. The SMILES string of the molecule is CCC(C)Cc1cc(-c2ccccc2C)[n+](C)c[c]1[Ge]([CH3])([CH3])[CH3]. The van der Waals surface area contributed by atoms with Crippen LogP contribution in [0.1, 0.15) is 31.4 Å². The molecule has 1 aromatic heterocycles. The van der Waals surface area contributed by atoms with Gasteiger partial charge in [0, 0.05) is 0 Å². The van der Waals surface area contributed by atoms with Crippen LogP contribution in [0, 0.1) is 12.8 Å². The van der Waals surface area contributed by atoms with E-state index < -0.39 is 13.3 Å². The third-order valence-electron chi connectivity index (χ3n) is 4.85. The standard InChI is InChI=1S/C21H32GeN/c1-8-16(2)13-18-14-21(19-12-10-9-11-17(19)3)23(7)15-20(18)22(4,5)6/h9-12,14-16H,8,13H2,1-7H3/q+1. The number of benzene rings is 1. The Morgan fingerprint density at radius 2 is 1.78 bits per heavy atom. The fourth-order valence-electron chi connectivity index (χ4n) is 3.18. The van der Waals surface area contributed by atoms with Crippen molar-refractivity contribution in [1.82, 2.24) is 0 Å². The number of pyridine rings is 1. The average Bonchev–Trinajstić information content (AvgIpc) is 2.48. The van der Waals surface area contributed by atoms with Crippen LogP contribution in [0.5, 0.6) is 0 Å². The molecular formula is C21H32GeN+. The predicted molar refractivity (Wildman–Crippen MR) is 104 cm³/mol. The molecule has 0 radical (unpaired) electrons. The fourth-order valence-corrected chi connectivity index (χ4v) is 6.79. The Balaban J connectivity index is 2.62. The van der Waals surface area contributed by atoms with Gasteiger partial charge in [0.15, 0.2) is 0 Å². The van der Waals surface area contributed by atoms with E-state index in [0.717, 1.165) is 5.92 Å². The molecule has 2 rings (SSSR count). The van der Waals surface area contributed by atoms with Gasteiger partial charge in [0.2, 0.25) is 0 Å². The first kappa shape index (κ1) is 18.3. The van der Waals surface area contributed by atoms with Crippen molar-refractivity contribution in [3.8, 4) is 11.3 Å². The van der Waals surface area contributed by atoms with Crippen LogP contribution >= 0.6 is 0 Å². The van der Waals surface area contributed by atoms with Crippen LogP contribution in [0.4, 0.5) is 0 Å².